The predicted molar refractivity (Wildman–Crippen MR) is 127 cm³/mol. The normalized spacial score (nSPS) is 10.8. The second-order valence-electron chi connectivity index (χ2n) is 6.97. The highest BCUT2D eigenvalue weighted by Gasteiger charge is 2.16. The first-order chi connectivity index (χ1) is 15.5. The second-order valence-corrected chi connectivity index (χ2v) is 8.77. The van der Waals surface area contributed by atoms with Crippen LogP contribution in [0, 0.1) is 13.8 Å². The number of para-hydroxylation sites is 2. The van der Waals surface area contributed by atoms with E-state index in [1.807, 2.05) is 36.6 Å². The Balaban J connectivity index is 1.42. The summed E-state index contributed by atoms with van der Waals surface area (Å²) in [5, 5.41) is 17.7. The van der Waals surface area contributed by atoms with Crippen LogP contribution >= 0.6 is 23.1 Å². The maximum atomic E-state index is 12.5. The molecule has 2 aromatic carbocycles. The third-order valence-corrected chi connectivity index (χ3v) is 6.26. The van der Waals surface area contributed by atoms with E-state index in [0.717, 1.165) is 22.5 Å². The van der Waals surface area contributed by atoms with Gasteiger partial charge in [-0.3, -0.25) is 4.79 Å². The molecule has 0 saturated heterocycles. The van der Waals surface area contributed by atoms with Gasteiger partial charge in [0.15, 0.2) is 5.13 Å². The number of rotatable bonds is 8. The molecule has 10 heteroatoms. The van der Waals surface area contributed by atoms with E-state index in [9.17, 15) is 4.79 Å². The van der Waals surface area contributed by atoms with Crippen molar-refractivity contribution in [3.8, 4) is 22.7 Å². The lowest BCUT2D eigenvalue weighted by molar-refractivity contribution is -0.113. The molecule has 0 unspecified atom stereocenters. The van der Waals surface area contributed by atoms with Crippen LogP contribution in [-0.2, 0) is 4.79 Å². The van der Waals surface area contributed by atoms with Crippen molar-refractivity contribution in [2.45, 2.75) is 25.9 Å². The standard InChI is InChI=1S/C22H22N6O2S2/c1-4-30-19-8-6-5-7-18(19)28-22(25-26-27-28)32-13-20(29)24-21-23-17(12-31-21)16-11-14(2)9-10-15(16)3/h5-12H,4,13H2,1-3H3,(H,23,24,29). The molecule has 0 fully saturated rings. The van der Waals surface area contributed by atoms with E-state index in [0.29, 0.717) is 22.6 Å². The van der Waals surface area contributed by atoms with Crippen molar-refractivity contribution in [2.75, 3.05) is 17.7 Å². The molecule has 0 atom stereocenters. The number of nitrogens with one attached hydrogen (secondary N) is 1. The van der Waals surface area contributed by atoms with Crippen LogP contribution in [0.1, 0.15) is 18.1 Å². The Kier molecular flexibility index (Phi) is 6.81. The Bertz CT molecular complexity index is 1240. The third kappa shape index (κ3) is 4.97. The highest BCUT2D eigenvalue weighted by molar-refractivity contribution is 7.99. The molecule has 2 aromatic heterocycles. The Morgan fingerprint density at radius 1 is 1.22 bits per heavy atom. The maximum absolute atomic E-state index is 12.5. The average molecular weight is 467 g/mol. The van der Waals surface area contributed by atoms with Gasteiger partial charge in [0, 0.05) is 10.9 Å². The lowest BCUT2D eigenvalue weighted by atomic mass is 10.0. The number of anilines is 1. The lowest BCUT2D eigenvalue weighted by Gasteiger charge is -2.10. The zero-order valence-electron chi connectivity index (χ0n) is 17.9. The fraction of sp³-hybridized carbons (Fsp3) is 0.227. The molecule has 0 bridgehead atoms. The van der Waals surface area contributed by atoms with E-state index < -0.39 is 0 Å². The van der Waals surface area contributed by atoms with Crippen LogP contribution in [0.5, 0.6) is 5.75 Å². The zero-order chi connectivity index (χ0) is 22.5. The number of benzene rings is 2. The van der Waals surface area contributed by atoms with Gasteiger partial charge in [0.1, 0.15) is 11.4 Å². The second kappa shape index (κ2) is 9.92. The molecule has 4 aromatic rings. The number of aryl methyl sites for hydroxylation is 2. The first-order valence-corrected chi connectivity index (χ1v) is 11.9. The lowest BCUT2D eigenvalue weighted by Crippen LogP contribution is -2.14. The summed E-state index contributed by atoms with van der Waals surface area (Å²) in [6.45, 7) is 6.55. The van der Waals surface area contributed by atoms with Crippen LogP contribution in [0.15, 0.2) is 53.0 Å². The van der Waals surface area contributed by atoms with Crippen molar-refractivity contribution in [2.24, 2.45) is 0 Å². The molecule has 8 nitrogen and oxygen atoms in total. The van der Waals surface area contributed by atoms with Crippen LogP contribution in [0.4, 0.5) is 5.13 Å². The SMILES string of the molecule is CCOc1ccccc1-n1nnnc1SCC(=O)Nc1nc(-c2cc(C)ccc2C)cs1. The van der Waals surface area contributed by atoms with E-state index >= 15 is 0 Å². The van der Waals surface area contributed by atoms with Crippen LogP contribution in [0.2, 0.25) is 0 Å². The summed E-state index contributed by atoms with van der Waals surface area (Å²) in [4.78, 5) is 17.1. The summed E-state index contributed by atoms with van der Waals surface area (Å²) >= 11 is 2.65. The van der Waals surface area contributed by atoms with E-state index in [4.69, 9.17) is 4.74 Å². The molecule has 0 aliphatic heterocycles. The molecule has 0 saturated carbocycles. The van der Waals surface area contributed by atoms with Crippen LogP contribution in [0.3, 0.4) is 0 Å². The minimum Gasteiger partial charge on any atom is -0.492 e. The number of thiazole rings is 1. The molecule has 1 N–H and O–H groups in total. The number of nitrogens with zero attached hydrogens (tertiary/aromatic N) is 5. The molecule has 1 amide bonds. The highest BCUT2D eigenvalue weighted by Crippen LogP contribution is 2.29. The minimum atomic E-state index is -0.176. The Morgan fingerprint density at radius 2 is 2.06 bits per heavy atom. The molecule has 0 radical (unpaired) electrons. The fourth-order valence-electron chi connectivity index (χ4n) is 3.08. The number of amides is 1. The van der Waals surface area contributed by atoms with Gasteiger partial charge in [0.2, 0.25) is 11.1 Å². The Labute approximate surface area is 194 Å². The van der Waals surface area contributed by atoms with Gasteiger partial charge < -0.3 is 10.1 Å². The van der Waals surface area contributed by atoms with Gasteiger partial charge >= 0.3 is 0 Å². The zero-order valence-corrected chi connectivity index (χ0v) is 19.5. The molecule has 0 aliphatic carbocycles. The van der Waals surface area contributed by atoms with Gasteiger partial charge in [-0.25, -0.2) is 4.98 Å². The van der Waals surface area contributed by atoms with E-state index in [1.165, 1.54) is 28.7 Å². The first-order valence-electron chi connectivity index (χ1n) is 10.0. The number of hydrogen-bond acceptors (Lipinski definition) is 8. The number of carbonyl (C=O) groups excluding carboxylic acids is 1. The van der Waals surface area contributed by atoms with Gasteiger partial charge in [-0.1, -0.05) is 41.6 Å². The smallest absolute Gasteiger partial charge is 0.236 e. The third-order valence-electron chi connectivity index (χ3n) is 4.59. The van der Waals surface area contributed by atoms with Gasteiger partial charge in [0.25, 0.3) is 0 Å². The molecular weight excluding hydrogens is 444 g/mol. The minimum absolute atomic E-state index is 0.148. The van der Waals surface area contributed by atoms with Crippen LogP contribution in [0.25, 0.3) is 16.9 Å². The molecule has 164 valence electrons. The maximum Gasteiger partial charge on any atom is 0.236 e. The molecule has 4 rings (SSSR count). The molecule has 2 heterocycles. The predicted octanol–water partition coefficient (Wildman–Crippen LogP) is 4.53. The van der Waals surface area contributed by atoms with Crippen molar-refractivity contribution < 1.29 is 9.53 Å². The van der Waals surface area contributed by atoms with Crippen molar-refractivity contribution in [3.63, 3.8) is 0 Å². The average Bonchev–Trinajstić information content (AvgIpc) is 3.44. The molecule has 0 aliphatic rings. The van der Waals surface area contributed by atoms with E-state index in [1.54, 1.807) is 4.68 Å². The topological polar surface area (TPSA) is 94.8 Å². The van der Waals surface area contributed by atoms with Crippen molar-refractivity contribution in [1.82, 2.24) is 25.2 Å². The summed E-state index contributed by atoms with van der Waals surface area (Å²) in [5.41, 5.74) is 4.97. The number of hydrogen-bond donors (Lipinski definition) is 1. The quantitative estimate of drug-likeness (QED) is 0.381. The summed E-state index contributed by atoms with van der Waals surface area (Å²) in [6.07, 6.45) is 0. The van der Waals surface area contributed by atoms with E-state index in [2.05, 4.69) is 57.9 Å². The summed E-state index contributed by atoms with van der Waals surface area (Å²) in [5.74, 6) is 0.648. The monoisotopic (exact) mass is 466 g/mol. The molecule has 32 heavy (non-hydrogen) atoms. The Morgan fingerprint density at radius 3 is 2.91 bits per heavy atom. The van der Waals surface area contributed by atoms with Gasteiger partial charge in [-0.15, -0.1) is 16.4 Å². The number of ether oxygens (including phenoxy) is 1. The highest BCUT2D eigenvalue weighted by atomic mass is 32.2. The first kappa shape index (κ1) is 22.0. The number of tetrazole rings is 1. The van der Waals surface area contributed by atoms with Gasteiger partial charge in [-0.2, -0.15) is 4.68 Å². The number of carbonyl (C=O) groups is 1. The van der Waals surface area contributed by atoms with Crippen molar-refractivity contribution >= 4 is 34.1 Å². The van der Waals surface area contributed by atoms with E-state index in [-0.39, 0.29) is 11.7 Å². The van der Waals surface area contributed by atoms with Crippen LogP contribution in [-0.4, -0.2) is 43.5 Å². The van der Waals surface area contributed by atoms with Crippen molar-refractivity contribution in [3.05, 3.63) is 59.0 Å². The van der Waals surface area contributed by atoms with Gasteiger partial charge in [0.05, 0.1) is 18.1 Å². The van der Waals surface area contributed by atoms with Crippen molar-refractivity contribution in [1.29, 1.82) is 0 Å². The summed E-state index contributed by atoms with van der Waals surface area (Å²) in [6, 6.07) is 13.8. The summed E-state index contributed by atoms with van der Waals surface area (Å²) < 4.78 is 7.24. The number of aromatic nitrogens is 5. The largest absolute Gasteiger partial charge is 0.492 e. The summed E-state index contributed by atoms with van der Waals surface area (Å²) in [7, 11) is 0. The van der Waals surface area contributed by atoms with Gasteiger partial charge in [-0.05, 0) is 55.0 Å². The molecule has 0 spiro atoms. The molecular formula is C22H22N6O2S2. The Hall–Kier alpha value is -3.24. The number of thioether (sulfide) groups is 1. The fourth-order valence-corrected chi connectivity index (χ4v) is 4.49. The van der Waals surface area contributed by atoms with Crippen LogP contribution < -0.4 is 10.1 Å².